The molecule has 1 rings (SSSR count). The largest absolute Gasteiger partial charge is 0.593 e. The summed E-state index contributed by atoms with van der Waals surface area (Å²) in [7, 11) is 0. The average molecular weight is 203 g/mol. The van der Waals surface area contributed by atoms with Gasteiger partial charge in [0, 0.05) is 5.38 Å². The lowest BCUT2D eigenvalue weighted by Crippen LogP contribution is -2.33. The fourth-order valence-electron chi connectivity index (χ4n) is 0.583. The van der Waals surface area contributed by atoms with Crippen molar-refractivity contribution < 1.29 is 4.55 Å². The van der Waals surface area contributed by atoms with E-state index in [0.717, 1.165) is 5.69 Å². The molecular formula is C8H13NOS2. The molecule has 0 unspecified atom stereocenters. The number of hydrogen-bond donors (Lipinski definition) is 1. The topological polar surface area (TPSA) is 35.1 Å². The van der Waals surface area contributed by atoms with Gasteiger partial charge in [-0.25, -0.2) is 4.72 Å². The summed E-state index contributed by atoms with van der Waals surface area (Å²) in [5.41, 5.74) is 0.938. The van der Waals surface area contributed by atoms with Crippen LogP contribution in [0.25, 0.3) is 0 Å². The maximum Gasteiger partial charge on any atom is 0.142 e. The molecule has 1 atom stereocenters. The Balaban J connectivity index is 2.53. The number of rotatable bonds is 2. The van der Waals surface area contributed by atoms with Crippen LogP contribution in [0, 0.1) is 0 Å². The van der Waals surface area contributed by atoms with Crippen LogP contribution in [0.4, 0.5) is 5.69 Å². The molecule has 12 heavy (non-hydrogen) atoms. The minimum atomic E-state index is -1.01. The molecule has 4 heteroatoms. The van der Waals surface area contributed by atoms with Crippen LogP contribution >= 0.6 is 11.3 Å². The van der Waals surface area contributed by atoms with Crippen LogP contribution in [0.3, 0.4) is 0 Å². The van der Waals surface area contributed by atoms with Gasteiger partial charge in [-0.05, 0) is 32.2 Å². The van der Waals surface area contributed by atoms with Crippen LogP contribution < -0.4 is 4.72 Å². The van der Waals surface area contributed by atoms with Gasteiger partial charge >= 0.3 is 0 Å². The first-order chi connectivity index (χ1) is 5.50. The third-order valence-electron chi connectivity index (χ3n) is 1.29. The summed E-state index contributed by atoms with van der Waals surface area (Å²) in [6.07, 6.45) is 0. The Kier molecular flexibility index (Phi) is 3.04. The van der Waals surface area contributed by atoms with Crippen LogP contribution in [0.2, 0.25) is 0 Å². The van der Waals surface area contributed by atoms with E-state index in [0.29, 0.717) is 0 Å². The van der Waals surface area contributed by atoms with Gasteiger partial charge in [0.2, 0.25) is 0 Å². The highest BCUT2D eigenvalue weighted by molar-refractivity contribution is 7.94. The SMILES string of the molecule is CC(C)(C)[S@+]([O-])Nc1ccsc1. The predicted molar refractivity (Wildman–Crippen MR) is 55.8 cm³/mol. The fraction of sp³-hybridized carbons (Fsp3) is 0.500. The molecule has 1 N–H and O–H groups in total. The van der Waals surface area contributed by atoms with Crippen molar-refractivity contribution in [3.63, 3.8) is 0 Å². The van der Waals surface area contributed by atoms with Crippen molar-refractivity contribution in [3.05, 3.63) is 16.8 Å². The Morgan fingerprint density at radius 1 is 1.50 bits per heavy atom. The van der Waals surface area contributed by atoms with E-state index >= 15 is 0 Å². The van der Waals surface area contributed by atoms with E-state index in [1.807, 2.05) is 37.6 Å². The molecule has 0 spiro atoms. The van der Waals surface area contributed by atoms with Gasteiger partial charge in [0.1, 0.15) is 4.75 Å². The second-order valence-corrected chi connectivity index (χ2v) is 6.24. The van der Waals surface area contributed by atoms with Gasteiger partial charge in [0.05, 0.1) is 17.0 Å². The lowest BCUT2D eigenvalue weighted by atomic mass is 10.3. The molecule has 68 valence electrons. The second kappa shape index (κ2) is 3.68. The fourth-order valence-corrected chi connectivity index (χ4v) is 1.89. The summed E-state index contributed by atoms with van der Waals surface area (Å²) in [4.78, 5) is 0. The van der Waals surface area contributed by atoms with E-state index in [-0.39, 0.29) is 4.75 Å². The van der Waals surface area contributed by atoms with E-state index in [4.69, 9.17) is 0 Å². The van der Waals surface area contributed by atoms with Crippen LogP contribution in [0.1, 0.15) is 20.8 Å². The first-order valence-electron chi connectivity index (χ1n) is 3.71. The van der Waals surface area contributed by atoms with Gasteiger partial charge in [-0.15, -0.1) is 0 Å². The van der Waals surface area contributed by atoms with Gasteiger partial charge < -0.3 is 4.55 Å². The molecule has 0 aliphatic carbocycles. The van der Waals surface area contributed by atoms with Crippen molar-refractivity contribution in [2.45, 2.75) is 25.5 Å². The molecule has 1 aromatic heterocycles. The summed E-state index contributed by atoms with van der Waals surface area (Å²) in [5, 5.41) is 3.91. The van der Waals surface area contributed by atoms with E-state index < -0.39 is 11.4 Å². The number of nitrogens with one attached hydrogen (secondary N) is 1. The molecule has 2 nitrogen and oxygen atoms in total. The minimum Gasteiger partial charge on any atom is -0.593 e. The summed E-state index contributed by atoms with van der Waals surface area (Å²) >= 11 is 0.585. The normalized spacial score (nSPS) is 14.3. The number of thiophene rings is 1. The van der Waals surface area contributed by atoms with Gasteiger partial charge in [-0.2, -0.15) is 11.3 Å². The van der Waals surface area contributed by atoms with Crippen LogP contribution in [-0.4, -0.2) is 9.30 Å². The number of anilines is 1. The molecule has 1 aromatic rings. The van der Waals surface area contributed by atoms with E-state index in [1.165, 1.54) is 0 Å². The molecule has 0 radical (unpaired) electrons. The zero-order valence-electron chi connectivity index (χ0n) is 7.46. The molecule has 0 aliphatic heterocycles. The average Bonchev–Trinajstić information content (AvgIpc) is 2.37. The lowest BCUT2D eigenvalue weighted by molar-refractivity contribution is 0.565. The first-order valence-corrected chi connectivity index (χ1v) is 5.80. The summed E-state index contributed by atoms with van der Waals surface area (Å²) in [6.45, 7) is 5.84. The van der Waals surface area contributed by atoms with E-state index in [2.05, 4.69) is 4.72 Å². The Bertz CT molecular complexity index is 228. The molecule has 0 amide bonds. The van der Waals surface area contributed by atoms with Crippen molar-refractivity contribution in [1.29, 1.82) is 0 Å². The van der Waals surface area contributed by atoms with Crippen molar-refractivity contribution in [2.24, 2.45) is 0 Å². The van der Waals surface area contributed by atoms with E-state index in [9.17, 15) is 4.55 Å². The third-order valence-corrected chi connectivity index (χ3v) is 3.50. The van der Waals surface area contributed by atoms with Crippen molar-refractivity contribution in [1.82, 2.24) is 0 Å². The molecule has 0 saturated carbocycles. The van der Waals surface area contributed by atoms with Gasteiger partial charge in [0.25, 0.3) is 0 Å². The molecule has 0 bridgehead atoms. The number of hydrogen-bond acceptors (Lipinski definition) is 3. The zero-order chi connectivity index (χ0) is 9.19. The van der Waals surface area contributed by atoms with Gasteiger partial charge in [-0.1, -0.05) is 0 Å². The van der Waals surface area contributed by atoms with Crippen LogP contribution in [-0.2, 0) is 11.4 Å². The predicted octanol–water partition coefficient (Wildman–Crippen LogP) is 2.62. The highest BCUT2D eigenvalue weighted by Crippen LogP contribution is 2.20. The maximum atomic E-state index is 11.5. The molecule has 1 heterocycles. The smallest absolute Gasteiger partial charge is 0.142 e. The Morgan fingerprint density at radius 3 is 2.58 bits per heavy atom. The highest BCUT2D eigenvalue weighted by atomic mass is 32.2. The molecular weight excluding hydrogens is 190 g/mol. The van der Waals surface area contributed by atoms with Crippen LogP contribution in [0.5, 0.6) is 0 Å². The zero-order valence-corrected chi connectivity index (χ0v) is 9.09. The van der Waals surface area contributed by atoms with E-state index in [1.54, 1.807) is 11.3 Å². The van der Waals surface area contributed by atoms with Crippen molar-refractivity contribution in [2.75, 3.05) is 4.72 Å². The molecule has 0 aromatic carbocycles. The van der Waals surface area contributed by atoms with Crippen molar-refractivity contribution >= 4 is 28.4 Å². The monoisotopic (exact) mass is 203 g/mol. The minimum absolute atomic E-state index is 0.206. The standard InChI is InChI=1S/C8H13NOS2/c1-8(2,3)12(10)9-7-4-5-11-6-7/h4-6,9H,1-3H3/t12-/m0/s1. The Hall–Kier alpha value is -0.190. The van der Waals surface area contributed by atoms with Crippen molar-refractivity contribution in [3.8, 4) is 0 Å². The summed E-state index contributed by atoms with van der Waals surface area (Å²) in [6, 6.07) is 1.92. The molecule has 0 fully saturated rings. The van der Waals surface area contributed by atoms with Crippen LogP contribution in [0.15, 0.2) is 16.8 Å². The highest BCUT2D eigenvalue weighted by Gasteiger charge is 2.26. The summed E-state index contributed by atoms with van der Waals surface area (Å²) < 4.78 is 14.3. The Morgan fingerprint density at radius 2 is 2.17 bits per heavy atom. The second-order valence-electron chi connectivity index (χ2n) is 3.50. The van der Waals surface area contributed by atoms with Gasteiger partial charge in [-0.3, -0.25) is 0 Å². The Labute approximate surface area is 80.3 Å². The quantitative estimate of drug-likeness (QED) is 0.750. The summed E-state index contributed by atoms with van der Waals surface area (Å²) in [5.74, 6) is 0. The first kappa shape index (κ1) is 9.89. The molecule has 0 saturated heterocycles. The molecule has 0 aliphatic rings. The maximum absolute atomic E-state index is 11.5. The van der Waals surface area contributed by atoms with Gasteiger partial charge in [0.15, 0.2) is 0 Å². The third kappa shape index (κ3) is 2.69. The lowest BCUT2D eigenvalue weighted by Gasteiger charge is -2.23.